The summed E-state index contributed by atoms with van der Waals surface area (Å²) in [6.45, 7) is 5.76. The average Bonchev–Trinajstić information content (AvgIpc) is 2.36. The first-order valence-electron chi connectivity index (χ1n) is 7.43. The van der Waals surface area contributed by atoms with E-state index >= 15 is 0 Å². The number of anilines is 1. The predicted octanol–water partition coefficient (Wildman–Crippen LogP) is 2.70. The van der Waals surface area contributed by atoms with Crippen molar-refractivity contribution in [3.05, 3.63) is 29.6 Å². The van der Waals surface area contributed by atoms with E-state index in [4.69, 9.17) is 0 Å². The second-order valence-corrected chi connectivity index (χ2v) is 5.83. The summed E-state index contributed by atoms with van der Waals surface area (Å²) in [5, 5.41) is 12.7. The molecule has 0 aromatic heterocycles. The zero-order valence-corrected chi connectivity index (χ0v) is 12.6. The Morgan fingerprint density at radius 3 is 2.75 bits per heavy atom. The van der Waals surface area contributed by atoms with Crippen molar-refractivity contribution in [2.24, 2.45) is 5.92 Å². The molecule has 0 bridgehead atoms. The summed E-state index contributed by atoms with van der Waals surface area (Å²) in [6.07, 6.45) is 1.50. The second kappa shape index (κ2) is 6.55. The molecule has 1 atom stereocenters. The summed E-state index contributed by atoms with van der Waals surface area (Å²) in [6, 6.07) is 5.39. The van der Waals surface area contributed by atoms with Crippen molar-refractivity contribution in [2.75, 3.05) is 25.0 Å². The number of hydrogen-bond donors (Lipinski definition) is 2. The van der Waals surface area contributed by atoms with E-state index in [2.05, 4.69) is 19.2 Å². The summed E-state index contributed by atoms with van der Waals surface area (Å²) >= 11 is 0. The quantitative estimate of drug-likeness (QED) is 0.841. The van der Waals surface area contributed by atoms with Crippen LogP contribution in [-0.4, -0.2) is 31.3 Å². The van der Waals surface area contributed by atoms with Crippen molar-refractivity contribution in [3.8, 4) is 0 Å². The second-order valence-electron chi connectivity index (χ2n) is 5.83. The zero-order chi connectivity index (χ0) is 14.7. The molecule has 112 valence electrons. The maximum Gasteiger partial charge on any atom is 0.146 e. The lowest BCUT2D eigenvalue weighted by Crippen LogP contribution is -2.38. The fraction of sp³-hybridized carbons (Fsp3) is 0.625. The average molecular weight is 280 g/mol. The van der Waals surface area contributed by atoms with Crippen LogP contribution in [0.5, 0.6) is 0 Å². The highest BCUT2D eigenvalue weighted by atomic mass is 19.1. The summed E-state index contributed by atoms with van der Waals surface area (Å²) in [5.74, 6) is 0.298. The van der Waals surface area contributed by atoms with Crippen LogP contribution in [0, 0.1) is 11.7 Å². The lowest BCUT2D eigenvalue weighted by molar-refractivity contribution is 0.0464. The van der Waals surface area contributed by atoms with E-state index in [0.29, 0.717) is 11.6 Å². The number of para-hydroxylation sites is 1. The highest BCUT2D eigenvalue weighted by Gasteiger charge is 2.29. The van der Waals surface area contributed by atoms with Gasteiger partial charge in [0.15, 0.2) is 0 Å². The molecule has 2 N–H and O–H groups in total. The first-order valence-corrected chi connectivity index (χ1v) is 7.43. The highest BCUT2D eigenvalue weighted by Crippen LogP contribution is 2.33. The van der Waals surface area contributed by atoms with E-state index in [9.17, 15) is 9.50 Å². The number of halogens is 1. The van der Waals surface area contributed by atoms with E-state index in [0.717, 1.165) is 31.5 Å². The standard InChI is InChI=1S/C16H25FN2O/c1-4-18-11(2)14-6-5-7-15(17)16(14)19(3)10-12-8-13(20)9-12/h5-7,11-13,18,20H,4,8-10H2,1-3H3. The predicted molar refractivity (Wildman–Crippen MR) is 80.5 cm³/mol. The number of benzene rings is 1. The molecule has 0 heterocycles. The van der Waals surface area contributed by atoms with Crippen molar-refractivity contribution in [2.45, 2.75) is 38.8 Å². The Morgan fingerprint density at radius 1 is 1.45 bits per heavy atom. The summed E-state index contributed by atoms with van der Waals surface area (Å²) in [4.78, 5) is 2.00. The van der Waals surface area contributed by atoms with Gasteiger partial charge in [0.05, 0.1) is 11.8 Å². The van der Waals surface area contributed by atoms with Gasteiger partial charge in [-0.25, -0.2) is 4.39 Å². The third kappa shape index (κ3) is 3.30. The van der Waals surface area contributed by atoms with Crippen LogP contribution in [0.4, 0.5) is 10.1 Å². The van der Waals surface area contributed by atoms with Crippen LogP contribution in [0.1, 0.15) is 38.3 Å². The molecule has 1 aliphatic rings. The van der Waals surface area contributed by atoms with Crippen LogP contribution >= 0.6 is 0 Å². The van der Waals surface area contributed by atoms with E-state index in [1.54, 1.807) is 6.07 Å². The maximum absolute atomic E-state index is 14.2. The Morgan fingerprint density at radius 2 is 2.15 bits per heavy atom. The monoisotopic (exact) mass is 280 g/mol. The van der Waals surface area contributed by atoms with Gasteiger partial charge < -0.3 is 15.3 Å². The van der Waals surface area contributed by atoms with Gasteiger partial charge in [-0.3, -0.25) is 0 Å². The molecule has 0 aliphatic heterocycles. The van der Waals surface area contributed by atoms with Crippen LogP contribution in [0.25, 0.3) is 0 Å². The number of rotatable bonds is 6. The first-order chi connectivity index (χ1) is 9.52. The molecule has 1 saturated carbocycles. The highest BCUT2D eigenvalue weighted by molar-refractivity contribution is 5.55. The lowest BCUT2D eigenvalue weighted by atomic mass is 9.82. The zero-order valence-electron chi connectivity index (χ0n) is 12.6. The molecule has 20 heavy (non-hydrogen) atoms. The molecule has 0 amide bonds. The van der Waals surface area contributed by atoms with Gasteiger partial charge in [0.2, 0.25) is 0 Å². The van der Waals surface area contributed by atoms with Crippen LogP contribution in [0.3, 0.4) is 0 Å². The van der Waals surface area contributed by atoms with Crippen LogP contribution in [0.15, 0.2) is 18.2 Å². The number of hydrogen-bond acceptors (Lipinski definition) is 3. The molecular formula is C16H25FN2O. The van der Waals surface area contributed by atoms with Gasteiger partial charge in [0.25, 0.3) is 0 Å². The van der Waals surface area contributed by atoms with E-state index in [1.165, 1.54) is 6.07 Å². The maximum atomic E-state index is 14.2. The Kier molecular flexibility index (Phi) is 5.00. The first kappa shape index (κ1) is 15.3. The van der Waals surface area contributed by atoms with Crippen molar-refractivity contribution in [3.63, 3.8) is 0 Å². The molecule has 3 nitrogen and oxygen atoms in total. The van der Waals surface area contributed by atoms with Crippen LogP contribution in [-0.2, 0) is 0 Å². The van der Waals surface area contributed by atoms with Gasteiger partial charge in [-0.05, 0) is 43.9 Å². The molecule has 1 aromatic carbocycles. The van der Waals surface area contributed by atoms with Gasteiger partial charge >= 0.3 is 0 Å². The fourth-order valence-electron chi connectivity index (χ4n) is 3.03. The summed E-state index contributed by atoms with van der Waals surface area (Å²) < 4.78 is 14.2. The van der Waals surface area contributed by atoms with Gasteiger partial charge in [0, 0.05) is 19.6 Å². The third-order valence-corrected chi connectivity index (χ3v) is 4.12. The van der Waals surface area contributed by atoms with Crippen molar-refractivity contribution in [1.29, 1.82) is 0 Å². The SMILES string of the molecule is CCNC(C)c1cccc(F)c1N(C)CC1CC(O)C1. The number of aliphatic hydroxyl groups is 1. The Bertz CT molecular complexity index is 446. The molecular weight excluding hydrogens is 255 g/mol. The molecule has 1 aromatic rings. The molecule has 4 heteroatoms. The Hall–Kier alpha value is -1.13. The third-order valence-electron chi connectivity index (χ3n) is 4.12. The topological polar surface area (TPSA) is 35.5 Å². The normalized spacial score (nSPS) is 23.2. The van der Waals surface area contributed by atoms with Gasteiger partial charge in [-0.15, -0.1) is 0 Å². The molecule has 1 unspecified atom stereocenters. The van der Waals surface area contributed by atoms with Crippen molar-refractivity contribution in [1.82, 2.24) is 5.32 Å². The minimum Gasteiger partial charge on any atom is -0.393 e. The minimum atomic E-state index is -0.172. The molecule has 0 spiro atoms. The lowest BCUT2D eigenvalue weighted by Gasteiger charge is -2.36. The number of nitrogens with zero attached hydrogens (tertiary/aromatic N) is 1. The van der Waals surface area contributed by atoms with Gasteiger partial charge in [-0.2, -0.15) is 0 Å². The van der Waals surface area contributed by atoms with E-state index < -0.39 is 0 Å². The van der Waals surface area contributed by atoms with Gasteiger partial charge in [0.1, 0.15) is 5.82 Å². The van der Waals surface area contributed by atoms with Crippen molar-refractivity contribution >= 4 is 5.69 Å². The molecule has 1 aliphatic carbocycles. The summed E-state index contributed by atoms with van der Waals surface area (Å²) in [5.41, 5.74) is 1.68. The van der Waals surface area contributed by atoms with E-state index in [-0.39, 0.29) is 18.0 Å². The molecule has 0 saturated heterocycles. The Labute approximate surface area is 120 Å². The minimum absolute atomic E-state index is 0.125. The molecule has 2 rings (SSSR count). The van der Waals surface area contributed by atoms with Crippen LogP contribution in [0.2, 0.25) is 0 Å². The number of aliphatic hydroxyl groups excluding tert-OH is 1. The van der Waals surface area contributed by atoms with Crippen LogP contribution < -0.4 is 10.2 Å². The smallest absolute Gasteiger partial charge is 0.146 e. The Balaban J connectivity index is 2.15. The van der Waals surface area contributed by atoms with Gasteiger partial charge in [-0.1, -0.05) is 19.1 Å². The summed E-state index contributed by atoms with van der Waals surface area (Å²) in [7, 11) is 1.94. The van der Waals surface area contributed by atoms with E-state index in [1.807, 2.05) is 18.0 Å². The molecule has 1 fully saturated rings. The number of nitrogens with one attached hydrogen (secondary N) is 1. The largest absolute Gasteiger partial charge is 0.393 e. The van der Waals surface area contributed by atoms with Crippen molar-refractivity contribution < 1.29 is 9.50 Å². The molecule has 0 radical (unpaired) electrons. The fourth-order valence-corrected chi connectivity index (χ4v) is 3.03.